The first-order valence-corrected chi connectivity index (χ1v) is 6.93. The molecule has 0 aromatic heterocycles. The molecule has 110 valence electrons. The van der Waals surface area contributed by atoms with Gasteiger partial charge in [0, 0.05) is 16.3 Å². The molecule has 0 aliphatic carbocycles. The zero-order valence-electron chi connectivity index (χ0n) is 11.5. The molecule has 1 amide bonds. The topological polar surface area (TPSA) is 38.3 Å². The SMILES string of the molecule is CCOc1ccc(NC(=O)Cc2c(F)cccc2Cl)cc1. The minimum Gasteiger partial charge on any atom is -0.494 e. The fourth-order valence-electron chi connectivity index (χ4n) is 1.87. The maximum absolute atomic E-state index is 13.6. The third-order valence-electron chi connectivity index (χ3n) is 2.85. The summed E-state index contributed by atoms with van der Waals surface area (Å²) in [4.78, 5) is 11.9. The van der Waals surface area contributed by atoms with Crippen molar-refractivity contribution in [2.75, 3.05) is 11.9 Å². The Balaban J connectivity index is 2.01. The first-order chi connectivity index (χ1) is 10.1. The molecule has 2 aromatic carbocycles. The zero-order chi connectivity index (χ0) is 15.2. The van der Waals surface area contributed by atoms with Crippen LogP contribution in [0.25, 0.3) is 0 Å². The Kier molecular flexibility index (Phi) is 5.17. The van der Waals surface area contributed by atoms with Crippen molar-refractivity contribution in [2.24, 2.45) is 0 Å². The van der Waals surface area contributed by atoms with Crippen molar-refractivity contribution in [3.8, 4) is 5.75 Å². The molecule has 0 atom stereocenters. The van der Waals surface area contributed by atoms with Crippen molar-refractivity contribution in [1.29, 1.82) is 0 Å². The van der Waals surface area contributed by atoms with Crippen LogP contribution in [0.3, 0.4) is 0 Å². The van der Waals surface area contributed by atoms with Crippen molar-refractivity contribution in [3.05, 3.63) is 58.9 Å². The molecular weight excluding hydrogens is 293 g/mol. The molecule has 21 heavy (non-hydrogen) atoms. The van der Waals surface area contributed by atoms with E-state index in [1.54, 1.807) is 30.3 Å². The van der Waals surface area contributed by atoms with Gasteiger partial charge in [0.25, 0.3) is 0 Å². The summed E-state index contributed by atoms with van der Waals surface area (Å²) in [7, 11) is 0. The lowest BCUT2D eigenvalue weighted by Crippen LogP contribution is -2.15. The lowest BCUT2D eigenvalue weighted by Gasteiger charge is -2.08. The Labute approximate surface area is 127 Å². The number of nitrogens with one attached hydrogen (secondary N) is 1. The second-order valence-electron chi connectivity index (χ2n) is 4.38. The summed E-state index contributed by atoms with van der Waals surface area (Å²) in [6.45, 7) is 2.48. The molecule has 0 radical (unpaired) electrons. The van der Waals surface area contributed by atoms with E-state index in [0.717, 1.165) is 5.75 Å². The average molecular weight is 308 g/mol. The van der Waals surface area contributed by atoms with Crippen LogP contribution in [0.4, 0.5) is 10.1 Å². The Morgan fingerprint density at radius 1 is 1.24 bits per heavy atom. The van der Waals surface area contributed by atoms with Crippen molar-refractivity contribution >= 4 is 23.2 Å². The first-order valence-electron chi connectivity index (χ1n) is 6.55. The maximum Gasteiger partial charge on any atom is 0.228 e. The molecule has 0 fully saturated rings. The van der Waals surface area contributed by atoms with Crippen LogP contribution in [0.5, 0.6) is 5.75 Å². The highest BCUT2D eigenvalue weighted by Gasteiger charge is 2.12. The van der Waals surface area contributed by atoms with Crippen LogP contribution in [-0.4, -0.2) is 12.5 Å². The Bertz CT molecular complexity index is 608. The van der Waals surface area contributed by atoms with E-state index in [9.17, 15) is 9.18 Å². The predicted molar refractivity (Wildman–Crippen MR) is 81.4 cm³/mol. The molecule has 0 unspecified atom stereocenters. The van der Waals surface area contributed by atoms with Gasteiger partial charge in [0.05, 0.1) is 13.0 Å². The van der Waals surface area contributed by atoms with Gasteiger partial charge in [-0.2, -0.15) is 0 Å². The summed E-state index contributed by atoms with van der Waals surface area (Å²) in [6, 6.07) is 11.3. The molecule has 0 bridgehead atoms. The third-order valence-corrected chi connectivity index (χ3v) is 3.20. The van der Waals surface area contributed by atoms with E-state index in [1.807, 2.05) is 6.92 Å². The molecule has 1 N–H and O–H groups in total. The Hall–Kier alpha value is -2.07. The molecule has 0 heterocycles. The van der Waals surface area contributed by atoms with E-state index >= 15 is 0 Å². The van der Waals surface area contributed by atoms with E-state index < -0.39 is 5.82 Å². The van der Waals surface area contributed by atoms with Gasteiger partial charge in [0.15, 0.2) is 0 Å². The van der Waals surface area contributed by atoms with Gasteiger partial charge >= 0.3 is 0 Å². The van der Waals surface area contributed by atoms with Gasteiger partial charge in [-0.25, -0.2) is 4.39 Å². The van der Waals surface area contributed by atoms with Crippen LogP contribution in [0.15, 0.2) is 42.5 Å². The summed E-state index contributed by atoms with van der Waals surface area (Å²) in [6.07, 6.45) is -0.112. The molecule has 0 aliphatic rings. The molecule has 2 aromatic rings. The standard InChI is InChI=1S/C16H15ClFNO2/c1-2-21-12-8-6-11(7-9-12)19-16(20)10-13-14(17)4-3-5-15(13)18/h3-9H,2,10H2,1H3,(H,19,20). The second kappa shape index (κ2) is 7.09. The summed E-state index contributed by atoms with van der Waals surface area (Å²) < 4.78 is 18.9. The van der Waals surface area contributed by atoms with Crippen molar-refractivity contribution in [2.45, 2.75) is 13.3 Å². The van der Waals surface area contributed by atoms with Crippen LogP contribution < -0.4 is 10.1 Å². The molecular formula is C16H15ClFNO2. The summed E-state index contributed by atoms with van der Waals surface area (Å²) in [5, 5.41) is 2.94. The normalized spacial score (nSPS) is 10.2. The fraction of sp³-hybridized carbons (Fsp3) is 0.188. The van der Waals surface area contributed by atoms with E-state index in [2.05, 4.69) is 5.32 Å². The van der Waals surface area contributed by atoms with Gasteiger partial charge < -0.3 is 10.1 Å². The van der Waals surface area contributed by atoms with Gasteiger partial charge in [0.1, 0.15) is 11.6 Å². The van der Waals surface area contributed by atoms with Gasteiger partial charge in [-0.1, -0.05) is 17.7 Å². The lowest BCUT2D eigenvalue weighted by atomic mass is 10.1. The number of halogens is 2. The van der Waals surface area contributed by atoms with Crippen molar-refractivity contribution in [1.82, 2.24) is 0 Å². The largest absolute Gasteiger partial charge is 0.494 e. The lowest BCUT2D eigenvalue weighted by molar-refractivity contribution is -0.115. The molecule has 3 nitrogen and oxygen atoms in total. The molecule has 0 aliphatic heterocycles. The number of ether oxygens (including phenoxy) is 1. The minimum atomic E-state index is -0.482. The quantitative estimate of drug-likeness (QED) is 0.904. The van der Waals surface area contributed by atoms with Crippen LogP contribution in [0, 0.1) is 5.82 Å². The van der Waals surface area contributed by atoms with Crippen molar-refractivity contribution < 1.29 is 13.9 Å². The smallest absolute Gasteiger partial charge is 0.228 e. The Morgan fingerprint density at radius 3 is 2.57 bits per heavy atom. The number of carbonyl (C=O) groups is 1. The summed E-state index contributed by atoms with van der Waals surface area (Å²) in [5.74, 6) is -0.0804. The number of rotatable bonds is 5. The van der Waals surface area contributed by atoms with E-state index in [1.165, 1.54) is 12.1 Å². The highest BCUT2D eigenvalue weighted by atomic mass is 35.5. The predicted octanol–water partition coefficient (Wildman–Crippen LogP) is 4.06. The fourth-order valence-corrected chi connectivity index (χ4v) is 2.10. The van der Waals surface area contributed by atoms with E-state index in [-0.39, 0.29) is 22.9 Å². The van der Waals surface area contributed by atoms with Crippen LogP contribution in [0.2, 0.25) is 5.02 Å². The van der Waals surface area contributed by atoms with Gasteiger partial charge in [-0.05, 0) is 43.3 Å². The Morgan fingerprint density at radius 2 is 1.95 bits per heavy atom. The number of hydrogen-bond donors (Lipinski definition) is 1. The minimum absolute atomic E-state index is 0.112. The van der Waals surface area contributed by atoms with Gasteiger partial charge in [0.2, 0.25) is 5.91 Å². The first kappa shape index (κ1) is 15.3. The zero-order valence-corrected chi connectivity index (χ0v) is 12.3. The summed E-state index contributed by atoms with van der Waals surface area (Å²) >= 11 is 5.90. The van der Waals surface area contributed by atoms with Crippen LogP contribution >= 0.6 is 11.6 Å². The van der Waals surface area contributed by atoms with Gasteiger partial charge in [-0.15, -0.1) is 0 Å². The van der Waals surface area contributed by atoms with Gasteiger partial charge in [-0.3, -0.25) is 4.79 Å². The molecule has 0 spiro atoms. The number of carbonyl (C=O) groups excluding carboxylic acids is 1. The highest BCUT2D eigenvalue weighted by Crippen LogP contribution is 2.20. The molecule has 0 saturated heterocycles. The molecule has 2 rings (SSSR count). The van der Waals surface area contributed by atoms with Crippen LogP contribution in [-0.2, 0) is 11.2 Å². The maximum atomic E-state index is 13.6. The number of amides is 1. The second-order valence-corrected chi connectivity index (χ2v) is 4.79. The van der Waals surface area contributed by atoms with Crippen LogP contribution in [0.1, 0.15) is 12.5 Å². The number of benzene rings is 2. The molecule has 5 heteroatoms. The van der Waals surface area contributed by atoms with E-state index in [4.69, 9.17) is 16.3 Å². The number of anilines is 1. The third kappa shape index (κ3) is 4.20. The molecule has 0 saturated carbocycles. The summed E-state index contributed by atoms with van der Waals surface area (Å²) in [5.41, 5.74) is 0.818. The average Bonchev–Trinajstić information content (AvgIpc) is 2.45. The highest BCUT2D eigenvalue weighted by molar-refractivity contribution is 6.31. The van der Waals surface area contributed by atoms with E-state index in [0.29, 0.717) is 12.3 Å². The number of hydrogen-bond acceptors (Lipinski definition) is 2. The monoisotopic (exact) mass is 307 g/mol. The van der Waals surface area contributed by atoms with Crippen molar-refractivity contribution in [3.63, 3.8) is 0 Å².